The van der Waals surface area contributed by atoms with Crippen LogP contribution in [0, 0.1) is 0 Å². The first-order valence-electron chi connectivity index (χ1n) is 10.5. The van der Waals surface area contributed by atoms with Gasteiger partial charge in [0.25, 0.3) is 0 Å². The highest BCUT2D eigenvalue weighted by Gasteiger charge is 2.48. The normalized spacial score (nSPS) is 18.4. The molecule has 0 radical (unpaired) electrons. The van der Waals surface area contributed by atoms with Crippen LogP contribution in [0.15, 0.2) is 48.5 Å². The molecule has 188 valence electrons. The second-order valence-corrected chi connectivity index (χ2v) is 8.82. The summed E-state index contributed by atoms with van der Waals surface area (Å²) in [5.74, 6) is -0.520. The van der Waals surface area contributed by atoms with Crippen LogP contribution in [0.1, 0.15) is 48.4 Å². The van der Waals surface area contributed by atoms with Gasteiger partial charge in [0.05, 0.1) is 6.04 Å². The monoisotopic (exact) mass is 497 g/mol. The molecule has 0 spiro atoms. The van der Waals surface area contributed by atoms with Gasteiger partial charge in [-0.2, -0.15) is 17.6 Å². The third kappa shape index (κ3) is 6.28. The van der Waals surface area contributed by atoms with E-state index in [2.05, 4.69) is 4.74 Å². The molecule has 11 heteroatoms. The molecule has 7 nitrogen and oxygen atoms in total. The number of benzene rings is 2. The van der Waals surface area contributed by atoms with Crippen molar-refractivity contribution in [2.75, 3.05) is 0 Å². The third-order valence-corrected chi connectivity index (χ3v) is 4.95. The molecule has 1 saturated heterocycles. The van der Waals surface area contributed by atoms with Gasteiger partial charge in [-0.1, -0.05) is 36.4 Å². The lowest BCUT2D eigenvalue weighted by atomic mass is 9.95. The Hall–Kier alpha value is -3.63. The first-order chi connectivity index (χ1) is 16.3. The topological polar surface area (TPSA) is 82.1 Å². The standard InChI is InChI=1S/C24H23F4NO6/c1-23(2,3)35-22(32)29-18(19(33-21(29)31)16-9-7-14(13-30)8-10-16)12-15-5-4-6-17(11-15)34-24(27,28)20(25)26/h4-11,13,18-20H,12H2,1-3H3. The fourth-order valence-electron chi connectivity index (χ4n) is 3.47. The maximum absolute atomic E-state index is 13.4. The lowest BCUT2D eigenvalue weighted by molar-refractivity contribution is -0.253. The molecular weight excluding hydrogens is 474 g/mol. The number of carbonyl (C=O) groups excluding carboxylic acids is 3. The van der Waals surface area contributed by atoms with E-state index in [1.54, 1.807) is 32.9 Å². The first kappa shape index (κ1) is 26.0. The van der Waals surface area contributed by atoms with E-state index < -0.39 is 48.2 Å². The van der Waals surface area contributed by atoms with Crippen LogP contribution in [0.3, 0.4) is 0 Å². The number of alkyl halides is 4. The number of hydrogen-bond acceptors (Lipinski definition) is 6. The minimum Gasteiger partial charge on any atom is -0.443 e. The number of amides is 2. The number of rotatable bonds is 7. The maximum atomic E-state index is 13.4. The lowest BCUT2D eigenvalue weighted by Gasteiger charge is -2.27. The quantitative estimate of drug-likeness (QED) is 0.357. The van der Waals surface area contributed by atoms with Gasteiger partial charge in [0.15, 0.2) is 6.10 Å². The van der Waals surface area contributed by atoms with E-state index in [0.29, 0.717) is 23.0 Å². The molecule has 3 rings (SSSR count). The van der Waals surface area contributed by atoms with Crippen LogP contribution >= 0.6 is 0 Å². The largest absolute Gasteiger partial charge is 0.461 e. The van der Waals surface area contributed by atoms with Crippen molar-refractivity contribution in [1.82, 2.24) is 4.90 Å². The van der Waals surface area contributed by atoms with Crippen LogP contribution in [-0.4, -0.2) is 47.5 Å². The molecule has 2 amide bonds. The SMILES string of the molecule is CC(C)(C)OC(=O)N1C(=O)OC(c2ccc(C=O)cc2)C1Cc1cccc(OC(F)(F)C(F)F)c1. The molecule has 0 N–H and O–H groups in total. The molecule has 2 aromatic rings. The fourth-order valence-corrected chi connectivity index (χ4v) is 3.47. The Morgan fingerprint density at radius 3 is 2.37 bits per heavy atom. The Kier molecular flexibility index (Phi) is 7.37. The zero-order chi connectivity index (χ0) is 26.0. The van der Waals surface area contributed by atoms with Crippen molar-refractivity contribution in [3.63, 3.8) is 0 Å². The molecule has 0 saturated carbocycles. The Morgan fingerprint density at radius 2 is 1.80 bits per heavy atom. The highest BCUT2D eigenvalue weighted by atomic mass is 19.3. The predicted molar refractivity (Wildman–Crippen MR) is 115 cm³/mol. The number of nitrogens with zero attached hydrogens (tertiary/aromatic N) is 1. The summed E-state index contributed by atoms with van der Waals surface area (Å²) >= 11 is 0. The molecule has 2 atom stereocenters. The van der Waals surface area contributed by atoms with E-state index >= 15 is 0 Å². The number of halogens is 4. The smallest absolute Gasteiger partial charge is 0.443 e. The minimum absolute atomic E-state index is 0.0947. The van der Waals surface area contributed by atoms with Gasteiger partial charge in [0, 0.05) is 5.56 Å². The second kappa shape index (κ2) is 9.93. The Labute approximate surface area is 198 Å². The molecule has 1 heterocycles. The fraction of sp³-hybridized carbons (Fsp3) is 0.375. The molecule has 2 aromatic carbocycles. The molecule has 1 fully saturated rings. The summed E-state index contributed by atoms with van der Waals surface area (Å²) in [6, 6.07) is 10.1. The maximum Gasteiger partial charge on any atom is 0.461 e. The van der Waals surface area contributed by atoms with Crippen LogP contribution in [0.5, 0.6) is 5.75 Å². The van der Waals surface area contributed by atoms with E-state index in [4.69, 9.17) is 9.47 Å². The summed E-state index contributed by atoms with van der Waals surface area (Å²) in [7, 11) is 0. The van der Waals surface area contributed by atoms with Gasteiger partial charge in [-0.15, -0.1) is 0 Å². The van der Waals surface area contributed by atoms with Gasteiger partial charge < -0.3 is 14.2 Å². The van der Waals surface area contributed by atoms with Crippen LogP contribution < -0.4 is 4.74 Å². The minimum atomic E-state index is -4.70. The molecule has 1 aliphatic heterocycles. The van der Waals surface area contributed by atoms with Gasteiger partial charge in [-0.25, -0.2) is 14.5 Å². The van der Waals surface area contributed by atoms with Crippen molar-refractivity contribution >= 4 is 18.5 Å². The van der Waals surface area contributed by atoms with Crippen molar-refractivity contribution < 1.29 is 46.2 Å². The summed E-state index contributed by atoms with van der Waals surface area (Å²) in [4.78, 5) is 37.3. The number of aldehydes is 1. The van der Waals surface area contributed by atoms with Crippen LogP contribution in [0.4, 0.5) is 27.2 Å². The summed E-state index contributed by atoms with van der Waals surface area (Å²) < 4.78 is 66.7. The average molecular weight is 497 g/mol. The van der Waals surface area contributed by atoms with Gasteiger partial charge in [0.1, 0.15) is 17.6 Å². The van der Waals surface area contributed by atoms with Crippen molar-refractivity contribution in [3.05, 3.63) is 65.2 Å². The molecule has 0 aliphatic carbocycles. The van der Waals surface area contributed by atoms with Gasteiger partial charge >= 0.3 is 24.7 Å². The summed E-state index contributed by atoms with van der Waals surface area (Å²) in [6.07, 6.45) is -11.1. The molecule has 2 unspecified atom stereocenters. The molecule has 0 bridgehead atoms. The summed E-state index contributed by atoms with van der Waals surface area (Å²) in [5, 5.41) is 0. The Bertz CT molecular complexity index is 1080. The van der Waals surface area contributed by atoms with Crippen molar-refractivity contribution in [2.24, 2.45) is 0 Å². The van der Waals surface area contributed by atoms with Crippen LogP contribution in [0.25, 0.3) is 0 Å². The van der Waals surface area contributed by atoms with E-state index in [9.17, 15) is 31.9 Å². The molecular formula is C24H23F4NO6. The third-order valence-electron chi connectivity index (χ3n) is 4.95. The summed E-state index contributed by atoms with van der Waals surface area (Å²) in [6.45, 7) is 4.84. The van der Waals surface area contributed by atoms with Gasteiger partial charge in [-0.05, 0) is 50.5 Å². The number of imide groups is 1. The van der Waals surface area contributed by atoms with Crippen LogP contribution in [0.2, 0.25) is 0 Å². The number of carbonyl (C=O) groups is 3. The van der Waals surface area contributed by atoms with E-state index in [1.165, 1.54) is 24.3 Å². The van der Waals surface area contributed by atoms with Crippen molar-refractivity contribution in [3.8, 4) is 5.75 Å². The van der Waals surface area contributed by atoms with Crippen molar-refractivity contribution in [1.29, 1.82) is 0 Å². The number of cyclic esters (lactones) is 1. The van der Waals surface area contributed by atoms with E-state index in [0.717, 1.165) is 17.0 Å². The summed E-state index contributed by atoms with van der Waals surface area (Å²) in [5.41, 5.74) is 0.222. The predicted octanol–water partition coefficient (Wildman–Crippen LogP) is 5.78. The van der Waals surface area contributed by atoms with Crippen molar-refractivity contribution in [2.45, 2.75) is 57.5 Å². The molecule has 1 aliphatic rings. The number of ether oxygens (including phenoxy) is 3. The van der Waals surface area contributed by atoms with Gasteiger partial charge in [-0.3, -0.25) is 4.79 Å². The highest BCUT2D eigenvalue weighted by Crippen LogP contribution is 2.36. The Morgan fingerprint density at radius 1 is 1.14 bits per heavy atom. The van der Waals surface area contributed by atoms with E-state index in [-0.39, 0.29) is 6.42 Å². The lowest BCUT2D eigenvalue weighted by Crippen LogP contribution is -2.43. The zero-order valence-electron chi connectivity index (χ0n) is 19.0. The Balaban J connectivity index is 1.95. The van der Waals surface area contributed by atoms with Gasteiger partial charge in [0.2, 0.25) is 0 Å². The zero-order valence-corrected chi connectivity index (χ0v) is 19.0. The average Bonchev–Trinajstić information content (AvgIpc) is 3.08. The molecule has 0 aromatic heterocycles. The first-order valence-corrected chi connectivity index (χ1v) is 10.5. The number of hydrogen-bond donors (Lipinski definition) is 0. The second-order valence-electron chi connectivity index (χ2n) is 8.82. The molecule has 35 heavy (non-hydrogen) atoms. The van der Waals surface area contributed by atoms with Crippen LogP contribution in [-0.2, 0) is 15.9 Å². The van der Waals surface area contributed by atoms with E-state index in [1.807, 2.05) is 0 Å². The highest BCUT2D eigenvalue weighted by molar-refractivity contribution is 5.90.